The van der Waals surface area contributed by atoms with Crippen molar-refractivity contribution in [1.82, 2.24) is 20.2 Å². The van der Waals surface area contributed by atoms with Crippen LogP contribution in [0.4, 0.5) is 0 Å². The minimum Gasteiger partial charge on any atom is -0.497 e. The van der Waals surface area contributed by atoms with Gasteiger partial charge in [-0.05, 0) is 54.3 Å². The third kappa shape index (κ3) is 7.06. The number of methoxy groups -OCH3 is 1. The second-order valence-corrected chi connectivity index (χ2v) is 10.7. The number of carbonyl (C=O) groups is 1. The van der Waals surface area contributed by atoms with Gasteiger partial charge in [0.1, 0.15) is 11.5 Å². The summed E-state index contributed by atoms with van der Waals surface area (Å²) in [6.07, 6.45) is 1.58. The highest BCUT2D eigenvalue weighted by atomic mass is 32.2. The number of nitrogens with zero attached hydrogens (tertiary/aromatic N) is 4. The van der Waals surface area contributed by atoms with E-state index in [-0.39, 0.29) is 17.1 Å². The quantitative estimate of drug-likeness (QED) is 0.153. The molecule has 0 bridgehead atoms. The molecule has 3 aromatic carbocycles. The fourth-order valence-electron chi connectivity index (χ4n) is 3.84. The summed E-state index contributed by atoms with van der Waals surface area (Å²) < 4.78 is 12.9. The van der Waals surface area contributed by atoms with Crippen LogP contribution in [-0.4, -0.2) is 46.4 Å². The minimum absolute atomic E-state index is 0.0458. The van der Waals surface area contributed by atoms with Crippen molar-refractivity contribution < 1.29 is 14.3 Å². The number of benzene rings is 3. The first kappa shape index (κ1) is 27.9. The van der Waals surface area contributed by atoms with Crippen molar-refractivity contribution in [2.24, 2.45) is 5.10 Å². The van der Waals surface area contributed by atoms with E-state index in [1.165, 1.54) is 17.3 Å². The van der Waals surface area contributed by atoms with Gasteiger partial charge in [-0.25, -0.2) is 5.43 Å². The van der Waals surface area contributed by atoms with Crippen LogP contribution in [0.25, 0.3) is 17.1 Å². The number of carbonyl (C=O) groups excluding carboxylic acids is 1. The van der Waals surface area contributed by atoms with Crippen molar-refractivity contribution in [1.29, 1.82) is 0 Å². The third-order valence-corrected chi connectivity index (χ3v) is 6.85. The van der Waals surface area contributed by atoms with Gasteiger partial charge in [-0.15, -0.1) is 10.2 Å². The number of aromatic nitrogens is 3. The number of hydrogen-bond acceptors (Lipinski definition) is 7. The molecule has 39 heavy (non-hydrogen) atoms. The second-order valence-electron chi connectivity index (χ2n) is 9.72. The highest BCUT2D eigenvalue weighted by Crippen LogP contribution is 2.30. The van der Waals surface area contributed by atoms with Crippen molar-refractivity contribution in [3.8, 4) is 28.6 Å². The molecule has 0 radical (unpaired) electrons. The van der Waals surface area contributed by atoms with E-state index >= 15 is 0 Å². The van der Waals surface area contributed by atoms with E-state index in [1.54, 1.807) is 13.3 Å². The van der Waals surface area contributed by atoms with Gasteiger partial charge in [-0.1, -0.05) is 68.9 Å². The monoisotopic (exact) mass is 543 g/mol. The van der Waals surface area contributed by atoms with Crippen molar-refractivity contribution in [2.45, 2.75) is 38.3 Å². The Bertz CT molecular complexity index is 1420. The Morgan fingerprint density at radius 3 is 2.41 bits per heavy atom. The summed E-state index contributed by atoms with van der Waals surface area (Å²) in [5.41, 5.74) is 6.45. The van der Waals surface area contributed by atoms with E-state index in [0.29, 0.717) is 23.3 Å². The first-order valence-electron chi connectivity index (χ1n) is 12.7. The maximum atomic E-state index is 12.6. The van der Waals surface area contributed by atoms with Crippen molar-refractivity contribution in [3.05, 3.63) is 83.9 Å². The van der Waals surface area contributed by atoms with Crippen LogP contribution in [0.15, 0.2) is 83.1 Å². The summed E-state index contributed by atoms with van der Waals surface area (Å²) in [5.74, 6) is 2.00. The average Bonchev–Trinajstić information content (AvgIpc) is 3.36. The van der Waals surface area contributed by atoms with Gasteiger partial charge in [0.15, 0.2) is 11.0 Å². The van der Waals surface area contributed by atoms with E-state index in [4.69, 9.17) is 9.47 Å². The lowest BCUT2D eigenvalue weighted by Crippen LogP contribution is -2.20. The van der Waals surface area contributed by atoms with E-state index in [1.807, 2.05) is 60.0 Å². The molecule has 1 heterocycles. The predicted molar refractivity (Wildman–Crippen MR) is 156 cm³/mol. The number of hydrazone groups is 1. The van der Waals surface area contributed by atoms with Gasteiger partial charge in [0.25, 0.3) is 5.91 Å². The summed E-state index contributed by atoms with van der Waals surface area (Å²) in [4.78, 5) is 12.6. The molecule has 1 aromatic heterocycles. The van der Waals surface area contributed by atoms with Crippen LogP contribution in [0.5, 0.6) is 11.5 Å². The molecule has 0 atom stereocenters. The van der Waals surface area contributed by atoms with Crippen LogP contribution in [0.2, 0.25) is 0 Å². The first-order valence-corrected chi connectivity index (χ1v) is 13.7. The zero-order valence-electron chi connectivity index (χ0n) is 22.8. The van der Waals surface area contributed by atoms with E-state index in [2.05, 4.69) is 65.8 Å². The normalized spacial score (nSPS) is 11.5. The largest absolute Gasteiger partial charge is 0.497 e. The molecule has 4 rings (SSSR count). The van der Waals surface area contributed by atoms with Crippen molar-refractivity contribution >= 4 is 23.9 Å². The Balaban J connectivity index is 1.53. The molecule has 0 saturated heterocycles. The molecule has 0 aliphatic rings. The van der Waals surface area contributed by atoms with Gasteiger partial charge >= 0.3 is 0 Å². The number of ether oxygens (including phenoxy) is 2. The molecular formula is C30H33N5O3S. The smallest absolute Gasteiger partial charge is 0.250 e. The first-order chi connectivity index (χ1) is 18.8. The van der Waals surface area contributed by atoms with E-state index in [9.17, 15) is 4.79 Å². The molecule has 0 unspecified atom stereocenters. The maximum absolute atomic E-state index is 12.6. The van der Waals surface area contributed by atoms with Gasteiger partial charge in [0.05, 0.1) is 25.7 Å². The number of para-hydroxylation sites is 1. The summed E-state index contributed by atoms with van der Waals surface area (Å²) in [6.45, 7) is 9.02. The molecule has 0 saturated carbocycles. The van der Waals surface area contributed by atoms with Crippen LogP contribution < -0.4 is 14.9 Å². The maximum Gasteiger partial charge on any atom is 0.250 e. The van der Waals surface area contributed by atoms with Gasteiger partial charge in [-0.2, -0.15) is 5.10 Å². The standard InChI is InChI=1S/C30H33N5O3S/c1-6-38-26-10-8-7-9-22(26)19-31-32-27(36)20-39-29-34-33-28(21-11-13-23(14-12-21)30(2,3)4)35(29)24-15-17-25(37-5)18-16-24/h7-19H,6,20H2,1-5H3,(H,32,36)/b31-19+. The topological polar surface area (TPSA) is 90.6 Å². The Morgan fingerprint density at radius 1 is 1.03 bits per heavy atom. The van der Waals surface area contributed by atoms with Crippen molar-refractivity contribution in [2.75, 3.05) is 19.5 Å². The number of thioether (sulfide) groups is 1. The van der Waals surface area contributed by atoms with Crippen LogP contribution in [-0.2, 0) is 10.2 Å². The number of nitrogens with one attached hydrogen (secondary N) is 1. The Kier molecular flexibility index (Phi) is 9.03. The van der Waals surface area contributed by atoms with Crippen LogP contribution in [0.3, 0.4) is 0 Å². The SMILES string of the molecule is CCOc1ccccc1/C=N/NC(=O)CSc1nnc(-c2ccc(C(C)(C)C)cc2)n1-c1ccc(OC)cc1. The van der Waals surface area contributed by atoms with Crippen LogP contribution in [0.1, 0.15) is 38.8 Å². The molecule has 0 aliphatic carbocycles. The zero-order chi connectivity index (χ0) is 27.8. The summed E-state index contributed by atoms with van der Waals surface area (Å²) >= 11 is 1.29. The summed E-state index contributed by atoms with van der Waals surface area (Å²) in [5, 5.41) is 13.6. The zero-order valence-corrected chi connectivity index (χ0v) is 23.7. The van der Waals surface area contributed by atoms with Gasteiger partial charge in [0, 0.05) is 16.8 Å². The lowest BCUT2D eigenvalue weighted by Gasteiger charge is -2.19. The third-order valence-electron chi connectivity index (χ3n) is 5.92. The lowest BCUT2D eigenvalue weighted by molar-refractivity contribution is -0.118. The van der Waals surface area contributed by atoms with E-state index in [0.717, 1.165) is 22.6 Å². The Labute approximate surface area is 233 Å². The molecule has 0 fully saturated rings. The molecule has 9 heteroatoms. The highest BCUT2D eigenvalue weighted by Gasteiger charge is 2.19. The Morgan fingerprint density at radius 2 is 1.74 bits per heavy atom. The van der Waals surface area contributed by atoms with Crippen LogP contribution in [0, 0.1) is 0 Å². The summed E-state index contributed by atoms with van der Waals surface area (Å²) in [7, 11) is 1.63. The molecule has 8 nitrogen and oxygen atoms in total. The molecule has 0 spiro atoms. The van der Waals surface area contributed by atoms with Crippen LogP contribution >= 0.6 is 11.8 Å². The second kappa shape index (κ2) is 12.6. The fraction of sp³-hybridized carbons (Fsp3) is 0.267. The van der Waals surface area contributed by atoms with Gasteiger partial charge in [0.2, 0.25) is 0 Å². The lowest BCUT2D eigenvalue weighted by atomic mass is 9.87. The molecular weight excluding hydrogens is 510 g/mol. The van der Waals surface area contributed by atoms with Gasteiger partial charge < -0.3 is 9.47 Å². The highest BCUT2D eigenvalue weighted by molar-refractivity contribution is 7.99. The molecule has 1 N–H and O–H groups in total. The fourth-order valence-corrected chi connectivity index (χ4v) is 4.59. The van der Waals surface area contributed by atoms with E-state index < -0.39 is 0 Å². The molecule has 0 aliphatic heterocycles. The minimum atomic E-state index is -0.259. The molecule has 202 valence electrons. The van der Waals surface area contributed by atoms with Crippen molar-refractivity contribution in [3.63, 3.8) is 0 Å². The number of amides is 1. The predicted octanol–water partition coefficient (Wildman–Crippen LogP) is 5.88. The Hall–Kier alpha value is -4.11. The number of hydrogen-bond donors (Lipinski definition) is 1. The average molecular weight is 544 g/mol. The summed E-state index contributed by atoms with van der Waals surface area (Å²) in [6, 6.07) is 23.5. The van der Waals surface area contributed by atoms with Gasteiger partial charge in [-0.3, -0.25) is 9.36 Å². The molecule has 4 aromatic rings. The number of rotatable bonds is 10. The molecule has 1 amide bonds.